The van der Waals surface area contributed by atoms with Crippen molar-refractivity contribution in [2.45, 2.75) is 24.7 Å². The molecule has 1 aliphatic heterocycles. The molecule has 0 spiro atoms. The molecule has 0 amide bonds. The number of nitrogens with one attached hydrogen (secondary N) is 2. The molecule has 2 N–H and O–H groups in total. The summed E-state index contributed by atoms with van der Waals surface area (Å²) in [4.78, 5) is 4.57. The molecule has 0 atom stereocenters. The van der Waals surface area contributed by atoms with E-state index in [0.29, 0.717) is 43.7 Å². The van der Waals surface area contributed by atoms with Crippen LogP contribution in [0.1, 0.15) is 19.8 Å². The van der Waals surface area contributed by atoms with Crippen LogP contribution in [0.25, 0.3) is 0 Å². The summed E-state index contributed by atoms with van der Waals surface area (Å²) in [5, 5.41) is 6.52. The number of rotatable bonds is 8. The largest absolute Gasteiger partial charge is 0.380 e. The Labute approximate surface area is 156 Å². The van der Waals surface area contributed by atoms with E-state index >= 15 is 0 Å². The second-order valence-corrected chi connectivity index (χ2v) is 8.18. The van der Waals surface area contributed by atoms with Gasteiger partial charge >= 0.3 is 0 Å². The minimum Gasteiger partial charge on any atom is -0.380 e. The molecule has 1 aliphatic rings. The third kappa shape index (κ3) is 5.96. The van der Waals surface area contributed by atoms with Crippen molar-refractivity contribution in [3.05, 3.63) is 30.3 Å². The first-order valence-electron chi connectivity index (χ1n) is 9.15. The van der Waals surface area contributed by atoms with E-state index < -0.39 is 10.0 Å². The smallest absolute Gasteiger partial charge is 0.243 e. The van der Waals surface area contributed by atoms with Gasteiger partial charge in [0.1, 0.15) is 0 Å². The van der Waals surface area contributed by atoms with Gasteiger partial charge in [-0.2, -0.15) is 4.31 Å². The fraction of sp³-hybridized carbons (Fsp3) is 0.611. The van der Waals surface area contributed by atoms with Gasteiger partial charge < -0.3 is 15.4 Å². The van der Waals surface area contributed by atoms with E-state index in [-0.39, 0.29) is 0 Å². The van der Waals surface area contributed by atoms with E-state index in [1.165, 1.54) is 0 Å². The van der Waals surface area contributed by atoms with Gasteiger partial charge in [-0.3, -0.25) is 4.99 Å². The summed E-state index contributed by atoms with van der Waals surface area (Å²) in [5.74, 6) is 1.19. The van der Waals surface area contributed by atoms with Crippen molar-refractivity contribution in [3.63, 3.8) is 0 Å². The summed E-state index contributed by atoms with van der Waals surface area (Å²) in [5.41, 5.74) is 0. The molecule has 1 aromatic carbocycles. The molecule has 0 unspecified atom stereocenters. The lowest BCUT2D eigenvalue weighted by atomic mass is 9.98. The number of sulfonamides is 1. The van der Waals surface area contributed by atoms with Crippen molar-refractivity contribution in [2.24, 2.45) is 10.9 Å². The van der Waals surface area contributed by atoms with E-state index in [0.717, 1.165) is 25.3 Å². The van der Waals surface area contributed by atoms with E-state index in [9.17, 15) is 8.42 Å². The Balaban J connectivity index is 1.76. The van der Waals surface area contributed by atoms with Gasteiger partial charge in [-0.15, -0.1) is 0 Å². The van der Waals surface area contributed by atoms with Gasteiger partial charge in [0.05, 0.1) is 11.5 Å². The molecule has 1 fully saturated rings. The van der Waals surface area contributed by atoms with Crippen molar-refractivity contribution < 1.29 is 13.2 Å². The monoisotopic (exact) mass is 382 g/mol. The number of guanidine groups is 1. The number of nitrogens with zero attached hydrogens (tertiary/aromatic N) is 2. The van der Waals surface area contributed by atoms with Crippen molar-refractivity contribution >= 4 is 16.0 Å². The highest BCUT2D eigenvalue weighted by atomic mass is 32.2. The molecular weight excluding hydrogens is 352 g/mol. The summed E-state index contributed by atoms with van der Waals surface area (Å²) >= 11 is 0. The molecule has 0 aromatic heterocycles. The highest BCUT2D eigenvalue weighted by Crippen LogP contribution is 2.23. The second-order valence-electron chi connectivity index (χ2n) is 6.24. The number of hydrogen-bond donors (Lipinski definition) is 2. The third-order valence-electron chi connectivity index (χ3n) is 4.48. The van der Waals surface area contributed by atoms with Crippen molar-refractivity contribution in [3.8, 4) is 0 Å². The van der Waals surface area contributed by atoms with Gasteiger partial charge in [-0.25, -0.2) is 8.42 Å². The molecular formula is C18H30N4O3S. The van der Waals surface area contributed by atoms with Gasteiger partial charge in [-0.05, 0) is 37.8 Å². The summed E-state index contributed by atoms with van der Waals surface area (Å²) in [6.45, 7) is 5.93. The van der Waals surface area contributed by atoms with Gasteiger partial charge in [-0.1, -0.05) is 18.2 Å². The predicted octanol–water partition coefficient (Wildman–Crippen LogP) is 1.29. The molecule has 0 radical (unpaired) electrons. The second kappa shape index (κ2) is 10.5. The van der Waals surface area contributed by atoms with Crippen molar-refractivity contribution in [1.82, 2.24) is 14.9 Å². The Morgan fingerprint density at radius 1 is 1.23 bits per heavy atom. The van der Waals surface area contributed by atoms with E-state index in [4.69, 9.17) is 4.74 Å². The maximum absolute atomic E-state index is 12.6. The van der Waals surface area contributed by atoms with Crippen LogP contribution in [0.3, 0.4) is 0 Å². The van der Waals surface area contributed by atoms with E-state index in [1.54, 1.807) is 35.6 Å². The average molecular weight is 383 g/mol. The fourth-order valence-electron chi connectivity index (χ4n) is 2.94. The number of piperidine rings is 1. The third-order valence-corrected chi connectivity index (χ3v) is 6.39. The Morgan fingerprint density at radius 3 is 2.54 bits per heavy atom. The maximum atomic E-state index is 12.6. The lowest BCUT2D eigenvalue weighted by Gasteiger charge is -2.31. The Kier molecular flexibility index (Phi) is 8.34. The molecule has 0 aliphatic carbocycles. The van der Waals surface area contributed by atoms with Crippen LogP contribution < -0.4 is 10.6 Å². The Morgan fingerprint density at radius 2 is 1.92 bits per heavy atom. The summed E-state index contributed by atoms with van der Waals surface area (Å²) in [6.07, 6.45) is 1.68. The number of benzene rings is 1. The van der Waals surface area contributed by atoms with Gasteiger partial charge in [0, 0.05) is 39.8 Å². The minimum atomic E-state index is -3.38. The highest BCUT2D eigenvalue weighted by molar-refractivity contribution is 7.89. The first-order chi connectivity index (χ1) is 12.6. The van der Waals surface area contributed by atoms with Crippen LogP contribution in [-0.4, -0.2) is 65.1 Å². The lowest BCUT2D eigenvalue weighted by molar-refractivity contribution is 0.152. The van der Waals surface area contributed by atoms with Crippen molar-refractivity contribution in [1.29, 1.82) is 0 Å². The molecule has 7 nitrogen and oxygen atoms in total. The molecule has 0 saturated carbocycles. The molecule has 1 heterocycles. The molecule has 146 valence electrons. The normalized spacial score (nSPS) is 17.2. The Hall–Kier alpha value is -1.64. The van der Waals surface area contributed by atoms with Gasteiger partial charge in [0.15, 0.2) is 5.96 Å². The maximum Gasteiger partial charge on any atom is 0.243 e. The molecule has 1 saturated heterocycles. The highest BCUT2D eigenvalue weighted by Gasteiger charge is 2.29. The lowest BCUT2D eigenvalue weighted by Crippen LogP contribution is -2.44. The number of ether oxygens (including phenoxy) is 1. The van der Waals surface area contributed by atoms with Crippen LogP contribution in [0.5, 0.6) is 0 Å². The zero-order chi connectivity index (χ0) is 18.8. The molecule has 0 bridgehead atoms. The topological polar surface area (TPSA) is 83.0 Å². The summed E-state index contributed by atoms with van der Waals surface area (Å²) < 4.78 is 32.2. The van der Waals surface area contributed by atoms with Gasteiger partial charge in [0.2, 0.25) is 10.0 Å². The quantitative estimate of drug-likeness (QED) is 0.402. The van der Waals surface area contributed by atoms with Crippen LogP contribution in [0.2, 0.25) is 0 Å². The standard InChI is InChI=1S/C18H30N4O3S/c1-3-25-14-11-20-18(19-2)21-15-16-9-12-22(13-10-16)26(23,24)17-7-5-4-6-8-17/h4-8,16H,3,9-15H2,1-2H3,(H2,19,20,21). The van der Waals surface area contributed by atoms with Gasteiger partial charge in [0.25, 0.3) is 0 Å². The number of hydrogen-bond acceptors (Lipinski definition) is 4. The van der Waals surface area contributed by atoms with Crippen molar-refractivity contribution in [2.75, 3.05) is 46.4 Å². The predicted molar refractivity (Wildman–Crippen MR) is 104 cm³/mol. The molecule has 2 rings (SSSR count). The average Bonchev–Trinajstić information content (AvgIpc) is 2.68. The van der Waals surface area contributed by atoms with E-state index in [1.807, 2.05) is 13.0 Å². The first kappa shape index (κ1) is 20.7. The number of aliphatic imine (C=N–C) groups is 1. The summed E-state index contributed by atoms with van der Waals surface area (Å²) in [6, 6.07) is 8.65. The zero-order valence-electron chi connectivity index (χ0n) is 15.6. The summed E-state index contributed by atoms with van der Waals surface area (Å²) in [7, 11) is -1.63. The molecule has 26 heavy (non-hydrogen) atoms. The van der Waals surface area contributed by atoms with Crippen LogP contribution in [0, 0.1) is 5.92 Å². The SMILES string of the molecule is CCOCCNC(=NC)NCC1CCN(S(=O)(=O)c2ccccc2)CC1. The molecule has 1 aromatic rings. The van der Waals surface area contributed by atoms with Crippen LogP contribution >= 0.6 is 0 Å². The fourth-order valence-corrected chi connectivity index (χ4v) is 4.43. The minimum absolute atomic E-state index is 0.371. The zero-order valence-corrected chi connectivity index (χ0v) is 16.5. The Bertz CT molecular complexity index is 656. The molecule has 8 heteroatoms. The van der Waals surface area contributed by atoms with E-state index in [2.05, 4.69) is 15.6 Å². The van der Waals surface area contributed by atoms with Crippen LogP contribution in [-0.2, 0) is 14.8 Å². The first-order valence-corrected chi connectivity index (χ1v) is 10.6. The van der Waals surface area contributed by atoms with Crippen LogP contribution in [0.4, 0.5) is 0 Å². The van der Waals surface area contributed by atoms with Crippen LogP contribution in [0.15, 0.2) is 40.2 Å².